The van der Waals surface area contributed by atoms with Crippen LogP contribution in [0.1, 0.15) is 24.3 Å². The number of carbonyl (C=O) groups excluding carboxylic acids is 4. The summed E-state index contributed by atoms with van der Waals surface area (Å²) in [5.41, 5.74) is 0.793. The Hall–Kier alpha value is -2.10. The van der Waals surface area contributed by atoms with Crippen LogP contribution >= 0.6 is 39.1 Å². The lowest BCUT2D eigenvalue weighted by atomic mass is 9.56. The van der Waals surface area contributed by atoms with E-state index >= 15 is 0 Å². The van der Waals surface area contributed by atoms with E-state index in [2.05, 4.69) is 21.2 Å². The first-order valence-electron chi connectivity index (χ1n) is 10.3. The summed E-state index contributed by atoms with van der Waals surface area (Å²) >= 11 is 17.2. The molecule has 2 saturated heterocycles. The van der Waals surface area contributed by atoms with E-state index in [9.17, 15) is 24.3 Å². The molecule has 4 amide bonds. The number of ether oxygens (including phenoxy) is 1. The molecule has 6 atom stereocenters. The number of fused-ring (bicyclic) bond motifs is 4. The fourth-order valence-electron chi connectivity index (χ4n) is 5.90. The van der Waals surface area contributed by atoms with Crippen LogP contribution in [-0.4, -0.2) is 55.9 Å². The number of nitrogens with one attached hydrogen (secondary N) is 1. The molecule has 2 aliphatic carbocycles. The lowest BCUT2D eigenvalue weighted by Crippen LogP contribution is -2.60. The number of hydrogen-bond donors (Lipinski definition) is 2. The van der Waals surface area contributed by atoms with E-state index in [0.29, 0.717) is 11.3 Å². The van der Waals surface area contributed by atoms with Crippen molar-refractivity contribution in [2.45, 2.75) is 28.5 Å². The highest BCUT2D eigenvalue weighted by atomic mass is 79.9. The molecule has 8 nitrogen and oxygen atoms in total. The fraction of sp³-hybridized carbons (Fsp3) is 0.455. The third kappa shape index (κ3) is 2.76. The van der Waals surface area contributed by atoms with Gasteiger partial charge >= 0.3 is 0 Å². The molecule has 0 spiro atoms. The lowest BCUT2D eigenvalue weighted by Gasteiger charge is -2.50. The number of benzene rings is 1. The summed E-state index contributed by atoms with van der Waals surface area (Å²) in [7, 11) is 1.45. The topological polar surface area (TPSA) is 113 Å². The van der Waals surface area contributed by atoms with Gasteiger partial charge in [0.25, 0.3) is 11.8 Å². The van der Waals surface area contributed by atoms with Gasteiger partial charge in [0.05, 0.1) is 24.4 Å². The van der Waals surface area contributed by atoms with Crippen molar-refractivity contribution in [2.24, 2.45) is 17.8 Å². The Kier molecular flexibility index (Phi) is 5.12. The van der Waals surface area contributed by atoms with Crippen LogP contribution < -0.4 is 10.1 Å². The number of allylic oxidation sites excluding steroid dienone is 2. The van der Waals surface area contributed by atoms with Gasteiger partial charge in [-0.1, -0.05) is 33.6 Å². The standard InChI is InChI=1S/C22H19BrCl2N2O6/c1-33-9-2-3-11(14(28)6-9)16-10-4-5-12-15(18(30)26-17(12)29)13(10)7-21(24)19(31)27(8-23)20(32)22(16,21)25/h2-4,6,12-13,15-16,28H,5,7-8H2,1H3,(H,26,29,30)/t12-,13+,15-,16+,21+,22-/m0/s1. The molecule has 11 heteroatoms. The SMILES string of the molecule is COc1ccc([C@H]2C3=CC[C@@H]4C(=O)NC(=O)[C@@H]4[C@@H]3C[C@@]3(Cl)C(=O)N(CBr)C(=O)[C@@]23Cl)c(O)c1. The van der Waals surface area contributed by atoms with E-state index < -0.39 is 51.1 Å². The number of phenols is 1. The van der Waals surface area contributed by atoms with Crippen LogP contribution in [0.4, 0.5) is 0 Å². The molecule has 0 bridgehead atoms. The minimum Gasteiger partial charge on any atom is -0.508 e. The Bertz CT molecular complexity index is 1160. The molecule has 0 radical (unpaired) electrons. The van der Waals surface area contributed by atoms with Crippen LogP contribution in [0.15, 0.2) is 29.8 Å². The highest BCUT2D eigenvalue weighted by molar-refractivity contribution is 9.09. The number of phenolic OH excluding ortho intramolecular Hbond substituents is 1. The molecule has 4 aliphatic rings. The molecule has 3 fully saturated rings. The first kappa shape index (κ1) is 22.7. The quantitative estimate of drug-likeness (QED) is 0.255. The minimum absolute atomic E-state index is 0.0900. The summed E-state index contributed by atoms with van der Waals surface area (Å²) in [6, 6.07) is 4.57. The Morgan fingerprint density at radius 2 is 1.91 bits per heavy atom. The fourth-order valence-corrected chi connectivity index (χ4v) is 7.32. The summed E-state index contributed by atoms with van der Waals surface area (Å²) < 4.78 is 5.17. The Morgan fingerprint density at radius 1 is 1.18 bits per heavy atom. The molecule has 1 aromatic rings. The molecule has 5 rings (SSSR count). The molecule has 1 saturated carbocycles. The number of alkyl halides is 3. The van der Waals surface area contributed by atoms with Crippen molar-refractivity contribution >= 4 is 62.8 Å². The van der Waals surface area contributed by atoms with Gasteiger partial charge in [-0.05, 0) is 24.8 Å². The van der Waals surface area contributed by atoms with Gasteiger partial charge in [0.1, 0.15) is 11.5 Å². The number of rotatable bonds is 3. The molecule has 0 unspecified atom stereocenters. The van der Waals surface area contributed by atoms with Gasteiger partial charge in [0.15, 0.2) is 9.75 Å². The summed E-state index contributed by atoms with van der Waals surface area (Å²) in [5.74, 6) is -4.91. The van der Waals surface area contributed by atoms with Crippen molar-refractivity contribution in [3.8, 4) is 11.5 Å². The monoisotopic (exact) mass is 556 g/mol. The number of halogens is 3. The second-order valence-corrected chi connectivity index (χ2v) is 10.5. The number of nitrogens with zero attached hydrogens (tertiary/aromatic N) is 1. The maximum absolute atomic E-state index is 13.5. The highest BCUT2D eigenvalue weighted by Crippen LogP contribution is 2.65. The predicted molar refractivity (Wildman–Crippen MR) is 121 cm³/mol. The number of aromatic hydroxyl groups is 1. The van der Waals surface area contributed by atoms with Gasteiger partial charge in [0, 0.05) is 17.5 Å². The van der Waals surface area contributed by atoms with Gasteiger partial charge in [-0.25, -0.2) is 0 Å². The molecule has 2 heterocycles. The number of amides is 4. The van der Waals surface area contributed by atoms with Crippen molar-refractivity contribution in [3.63, 3.8) is 0 Å². The molecule has 1 aromatic carbocycles. The number of carbonyl (C=O) groups is 4. The first-order valence-corrected chi connectivity index (χ1v) is 12.2. The van der Waals surface area contributed by atoms with Gasteiger partial charge in [-0.3, -0.25) is 29.4 Å². The number of hydrogen-bond acceptors (Lipinski definition) is 6. The van der Waals surface area contributed by atoms with Gasteiger partial charge in [0.2, 0.25) is 11.8 Å². The average molecular weight is 558 g/mol. The predicted octanol–water partition coefficient (Wildman–Crippen LogP) is 2.40. The Labute approximate surface area is 207 Å². The van der Waals surface area contributed by atoms with Crippen LogP contribution in [0, 0.1) is 17.8 Å². The second kappa shape index (κ2) is 7.45. The van der Waals surface area contributed by atoms with Crippen molar-refractivity contribution in [2.75, 3.05) is 12.6 Å². The molecule has 2 aliphatic heterocycles. The van der Waals surface area contributed by atoms with E-state index in [1.807, 2.05) is 0 Å². The maximum atomic E-state index is 13.5. The van der Waals surface area contributed by atoms with Crippen LogP contribution in [0.3, 0.4) is 0 Å². The summed E-state index contributed by atoms with van der Waals surface area (Å²) in [6.07, 6.45) is 1.98. The minimum atomic E-state index is -1.94. The van der Waals surface area contributed by atoms with Crippen molar-refractivity contribution in [1.82, 2.24) is 10.2 Å². The smallest absolute Gasteiger partial charge is 0.254 e. The van der Waals surface area contributed by atoms with Crippen LogP contribution in [0.25, 0.3) is 0 Å². The summed E-state index contributed by atoms with van der Waals surface area (Å²) in [4.78, 5) is 49.1. The number of likely N-dealkylation sites (tertiary alicyclic amines) is 1. The van der Waals surface area contributed by atoms with Crippen molar-refractivity contribution in [1.29, 1.82) is 0 Å². The van der Waals surface area contributed by atoms with E-state index in [-0.39, 0.29) is 35.5 Å². The Morgan fingerprint density at radius 3 is 2.55 bits per heavy atom. The maximum Gasteiger partial charge on any atom is 0.254 e. The van der Waals surface area contributed by atoms with Crippen LogP contribution in [0.2, 0.25) is 0 Å². The van der Waals surface area contributed by atoms with Gasteiger partial charge in [-0.2, -0.15) is 0 Å². The zero-order chi connectivity index (χ0) is 23.9. The van der Waals surface area contributed by atoms with E-state index in [1.165, 1.54) is 13.2 Å². The molecule has 2 N–H and O–H groups in total. The van der Waals surface area contributed by atoms with Gasteiger partial charge < -0.3 is 9.84 Å². The Balaban J connectivity index is 1.76. The van der Waals surface area contributed by atoms with E-state index in [0.717, 1.165) is 4.90 Å². The molecule has 174 valence electrons. The number of methoxy groups -OCH3 is 1. The molecule has 0 aromatic heterocycles. The van der Waals surface area contributed by atoms with Crippen molar-refractivity contribution in [3.05, 3.63) is 35.4 Å². The average Bonchev–Trinajstić information content (AvgIpc) is 3.15. The summed E-state index contributed by atoms with van der Waals surface area (Å²) in [6.45, 7) is 0. The third-order valence-corrected chi connectivity index (χ3v) is 9.32. The first-order chi connectivity index (χ1) is 15.6. The van der Waals surface area contributed by atoms with Crippen LogP contribution in [-0.2, 0) is 19.2 Å². The molecular weight excluding hydrogens is 539 g/mol. The van der Waals surface area contributed by atoms with Gasteiger partial charge in [-0.15, -0.1) is 23.2 Å². The highest BCUT2D eigenvalue weighted by Gasteiger charge is 2.76. The molecule has 33 heavy (non-hydrogen) atoms. The van der Waals surface area contributed by atoms with Crippen LogP contribution in [0.5, 0.6) is 11.5 Å². The summed E-state index contributed by atoms with van der Waals surface area (Å²) in [5, 5.41) is 13.3. The van der Waals surface area contributed by atoms with E-state index in [4.69, 9.17) is 27.9 Å². The molecular formula is C22H19BrCl2N2O6. The van der Waals surface area contributed by atoms with Crippen molar-refractivity contribution < 1.29 is 29.0 Å². The van der Waals surface area contributed by atoms with E-state index in [1.54, 1.807) is 18.2 Å². The normalized spacial score (nSPS) is 37.3. The second-order valence-electron chi connectivity index (χ2n) is 8.76. The lowest BCUT2D eigenvalue weighted by molar-refractivity contribution is -0.138. The largest absolute Gasteiger partial charge is 0.508 e. The third-order valence-electron chi connectivity index (χ3n) is 7.41. The number of imide groups is 2. The zero-order valence-corrected chi connectivity index (χ0v) is 20.4. The zero-order valence-electron chi connectivity index (χ0n) is 17.3.